The van der Waals surface area contributed by atoms with Gasteiger partial charge in [-0.25, -0.2) is 9.80 Å². The lowest BCUT2D eigenvalue weighted by Crippen LogP contribution is -2.43. The van der Waals surface area contributed by atoms with E-state index in [1.165, 1.54) is 15.9 Å². The van der Waals surface area contributed by atoms with E-state index >= 15 is 0 Å². The number of hydrogen-bond donors (Lipinski definition) is 1. The summed E-state index contributed by atoms with van der Waals surface area (Å²) in [5.41, 5.74) is 3.56. The fourth-order valence-corrected chi connectivity index (χ4v) is 8.19. The summed E-state index contributed by atoms with van der Waals surface area (Å²) < 4.78 is 0. The number of halogens is 3. The number of phenols is 1. The highest BCUT2D eigenvalue weighted by Crippen LogP contribution is 2.59. The predicted molar refractivity (Wildman–Crippen MR) is 168 cm³/mol. The highest BCUT2D eigenvalue weighted by molar-refractivity contribution is 6.33. The number of anilines is 2. The standard InChI is InChI=1S/C34H27Cl3N2O5/c1-15-3-6-18(12-25(15)36)38-31(41)21-9-8-20-22(29(21)33(38)43)14-24-30(28(20)23-11-17(35)5-10-27(23)40)34(44)39(32(24)42)19-7-4-16(2)26(37)13-19/h3-8,10-13,21-22,24,28-30,40H,9,14H2,1-2H3. The Morgan fingerprint density at radius 2 is 1.25 bits per heavy atom. The van der Waals surface area contributed by atoms with Gasteiger partial charge in [-0.15, -0.1) is 0 Å². The van der Waals surface area contributed by atoms with E-state index in [0.29, 0.717) is 32.0 Å². The quantitative estimate of drug-likeness (QED) is 0.243. The smallest absolute Gasteiger partial charge is 0.238 e. The summed E-state index contributed by atoms with van der Waals surface area (Å²) in [7, 11) is 0. The van der Waals surface area contributed by atoms with Gasteiger partial charge in [-0.2, -0.15) is 0 Å². The first-order valence-electron chi connectivity index (χ1n) is 14.4. The van der Waals surface area contributed by atoms with Crippen molar-refractivity contribution in [3.05, 3.63) is 98.0 Å². The first-order chi connectivity index (χ1) is 21.0. The fourth-order valence-electron chi connectivity index (χ4n) is 7.66. The second-order valence-corrected chi connectivity index (χ2v) is 13.4. The molecule has 6 unspecified atom stereocenters. The first kappa shape index (κ1) is 29.1. The van der Waals surface area contributed by atoms with Crippen molar-refractivity contribution in [1.82, 2.24) is 0 Å². The van der Waals surface area contributed by atoms with Crippen molar-refractivity contribution in [3.63, 3.8) is 0 Å². The molecule has 0 spiro atoms. The SMILES string of the molecule is Cc1ccc(N2C(=O)C3CC=C4C(CC5C(=O)N(c6ccc(C)c(Cl)c6)C(=O)C5C4c4cc(Cl)ccc4O)C3C2=O)cc1Cl. The van der Waals surface area contributed by atoms with E-state index < -0.39 is 47.3 Å². The zero-order chi connectivity index (χ0) is 31.2. The Morgan fingerprint density at radius 1 is 0.682 bits per heavy atom. The van der Waals surface area contributed by atoms with Gasteiger partial charge < -0.3 is 5.11 Å². The van der Waals surface area contributed by atoms with Crippen LogP contribution in [-0.2, 0) is 19.2 Å². The molecule has 1 N–H and O–H groups in total. The maximum atomic E-state index is 14.2. The zero-order valence-corrected chi connectivity index (χ0v) is 26.0. The number of nitrogens with zero attached hydrogens (tertiary/aromatic N) is 2. The molecule has 10 heteroatoms. The Morgan fingerprint density at radius 3 is 1.84 bits per heavy atom. The molecule has 1 saturated carbocycles. The summed E-state index contributed by atoms with van der Waals surface area (Å²) in [5, 5.41) is 12.3. The number of hydrogen-bond acceptors (Lipinski definition) is 5. The van der Waals surface area contributed by atoms with Crippen molar-refractivity contribution in [2.24, 2.45) is 29.6 Å². The van der Waals surface area contributed by atoms with E-state index in [4.69, 9.17) is 34.8 Å². The molecular weight excluding hydrogens is 623 g/mol. The van der Waals surface area contributed by atoms with Crippen LogP contribution in [0, 0.1) is 43.4 Å². The summed E-state index contributed by atoms with van der Waals surface area (Å²) >= 11 is 19.1. The molecule has 7 nitrogen and oxygen atoms in total. The molecule has 0 radical (unpaired) electrons. The molecule has 44 heavy (non-hydrogen) atoms. The number of phenolic OH excluding ortho intramolecular Hbond substituents is 1. The maximum absolute atomic E-state index is 14.2. The molecular formula is C34H27Cl3N2O5. The van der Waals surface area contributed by atoms with Gasteiger partial charge in [0.05, 0.1) is 35.0 Å². The van der Waals surface area contributed by atoms with Gasteiger partial charge in [-0.1, -0.05) is 58.6 Å². The molecule has 2 aliphatic heterocycles. The minimum Gasteiger partial charge on any atom is -0.508 e. The van der Waals surface area contributed by atoms with Crippen molar-refractivity contribution in [3.8, 4) is 5.75 Å². The number of aryl methyl sites for hydroxylation is 2. The third kappa shape index (κ3) is 4.24. The molecule has 2 saturated heterocycles. The summed E-state index contributed by atoms with van der Waals surface area (Å²) in [6, 6.07) is 14.8. The van der Waals surface area contributed by atoms with Crippen LogP contribution in [0.4, 0.5) is 11.4 Å². The Kier molecular flexibility index (Phi) is 6.92. The third-order valence-corrected chi connectivity index (χ3v) is 10.8. The number of carbonyl (C=O) groups is 4. The van der Waals surface area contributed by atoms with E-state index in [1.807, 2.05) is 19.9 Å². The molecule has 2 heterocycles. The number of fused-ring (bicyclic) bond motifs is 4. The minimum atomic E-state index is -0.842. The van der Waals surface area contributed by atoms with Crippen molar-refractivity contribution >= 4 is 69.8 Å². The Labute approximate surface area is 269 Å². The van der Waals surface area contributed by atoms with Gasteiger partial charge in [0.25, 0.3) is 0 Å². The normalized spacial score (nSPS) is 27.8. The van der Waals surface area contributed by atoms with Gasteiger partial charge in [0.1, 0.15) is 5.75 Å². The van der Waals surface area contributed by atoms with Crippen LogP contribution in [0.25, 0.3) is 0 Å². The molecule has 6 atom stereocenters. The second-order valence-electron chi connectivity index (χ2n) is 12.1. The van der Waals surface area contributed by atoms with Crippen LogP contribution >= 0.6 is 34.8 Å². The molecule has 4 amide bonds. The van der Waals surface area contributed by atoms with Crippen LogP contribution in [-0.4, -0.2) is 28.7 Å². The van der Waals surface area contributed by atoms with Gasteiger partial charge in [-0.05, 0) is 86.2 Å². The topological polar surface area (TPSA) is 95.0 Å². The number of imide groups is 2. The van der Waals surface area contributed by atoms with Gasteiger partial charge >= 0.3 is 0 Å². The third-order valence-electron chi connectivity index (χ3n) is 9.80. The van der Waals surface area contributed by atoms with E-state index in [2.05, 4.69) is 0 Å². The van der Waals surface area contributed by atoms with Crippen LogP contribution in [0.3, 0.4) is 0 Å². The Bertz CT molecular complexity index is 1840. The lowest BCUT2D eigenvalue weighted by Gasteiger charge is -2.44. The van der Waals surface area contributed by atoms with Crippen molar-refractivity contribution in [2.75, 3.05) is 9.80 Å². The molecule has 4 aliphatic rings. The Hall–Kier alpha value is -3.65. The molecule has 0 bridgehead atoms. The second kappa shape index (κ2) is 10.5. The van der Waals surface area contributed by atoms with Crippen molar-refractivity contribution < 1.29 is 24.3 Å². The number of carbonyl (C=O) groups excluding carboxylic acids is 4. The summed E-state index contributed by atoms with van der Waals surface area (Å²) in [6.45, 7) is 3.67. The molecule has 2 aliphatic carbocycles. The average molecular weight is 650 g/mol. The fraction of sp³-hybridized carbons (Fsp3) is 0.294. The first-order valence-corrected chi connectivity index (χ1v) is 15.6. The summed E-state index contributed by atoms with van der Waals surface area (Å²) in [5.74, 6) is -5.79. The predicted octanol–water partition coefficient (Wildman–Crippen LogP) is 7.01. The van der Waals surface area contributed by atoms with Gasteiger partial charge in [0, 0.05) is 26.5 Å². The zero-order valence-electron chi connectivity index (χ0n) is 23.8. The van der Waals surface area contributed by atoms with Crippen LogP contribution in [0.2, 0.25) is 15.1 Å². The van der Waals surface area contributed by atoms with Crippen LogP contribution in [0.1, 0.15) is 35.4 Å². The number of aromatic hydroxyl groups is 1. The highest BCUT2D eigenvalue weighted by Gasteiger charge is 2.62. The molecule has 3 aromatic rings. The minimum absolute atomic E-state index is 0.0661. The van der Waals surface area contributed by atoms with Gasteiger partial charge in [0.2, 0.25) is 23.6 Å². The maximum Gasteiger partial charge on any atom is 0.238 e. The van der Waals surface area contributed by atoms with E-state index in [1.54, 1.807) is 48.5 Å². The number of amides is 4. The van der Waals surface area contributed by atoms with E-state index in [9.17, 15) is 24.3 Å². The van der Waals surface area contributed by atoms with Crippen molar-refractivity contribution in [1.29, 1.82) is 0 Å². The van der Waals surface area contributed by atoms with Crippen molar-refractivity contribution in [2.45, 2.75) is 32.6 Å². The summed E-state index contributed by atoms with van der Waals surface area (Å²) in [4.78, 5) is 58.6. The Balaban J connectivity index is 1.35. The largest absolute Gasteiger partial charge is 0.508 e. The molecule has 0 aromatic heterocycles. The molecule has 224 valence electrons. The average Bonchev–Trinajstić information content (AvgIpc) is 3.40. The van der Waals surface area contributed by atoms with Gasteiger partial charge in [0.15, 0.2) is 0 Å². The van der Waals surface area contributed by atoms with E-state index in [0.717, 1.165) is 16.7 Å². The number of allylic oxidation sites excluding steroid dienone is 2. The molecule has 7 rings (SSSR count). The van der Waals surface area contributed by atoms with Crippen LogP contribution in [0.15, 0.2) is 66.2 Å². The lowest BCUT2D eigenvalue weighted by molar-refractivity contribution is -0.126. The van der Waals surface area contributed by atoms with E-state index in [-0.39, 0.29) is 30.4 Å². The van der Waals surface area contributed by atoms with Gasteiger partial charge in [-0.3, -0.25) is 19.2 Å². The summed E-state index contributed by atoms with van der Waals surface area (Å²) in [6.07, 6.45) is 2.41. The monoisotopic (exact) mass is 648 g/mol. The molecule has 3 aromatic carbocycles. The van der Waals surface area contributed by atoms with Crippen LogP contribution in [0.5, 0.6) is 5.75 Å². The molecule has 3 fully saturated rings. The van der Waals surface area contributed by atoms with Crippen LogP contribution < -0.4 is 9.80 Å². The lowest BCUT2D eigenvalue weighted by atomic mass is 9.57. The number of benzene rings is 3. The highest BCUT2D eigenvalue weighted by atomic mass is 35.5. The number of rotatable bonds is 3.